The second-order valence-corrected chi connectivity index (χ2v) is 2.56. The molecule has 0 atom stereocenters. The highest BCUT2D eigenvalue weighted by molar-refractivity contribution is 5.81. The molecule has 0 bridgehead atoms. The predicted octanol–water partition coefficient (Wildman–Crippen LogP) is 1.89. The molecule has 0 aliphatic rings. The van der Waals surface area contributed by atoms with E-state index in [-0.39, 0.29) is 0 Å². The molecule has 0 radical (unpaired) electrons. The Morgan fingerprint density at radius 2 is 2.08 bits per heavy atom. The van der Waals surface area contributed by atoms with Crippen LogP contribution < -0.4 is 4.74 Å². The van der Waals surface area contributed by atoms with Crippen molar-refractivity contribution >= 4 is 10.9 Å². The first-order chi connectivity index (χ1) is 5.83. The molecule has 62 valence electrons. The van der Waals surface area contributed by atoms with E-state index in [0.717, 1.165) is 15.6 Å². The molecule has 3 nitrogen and oxygen atoms in total. The van der Waals surface area contributed by atoms with Gasteiger partial charge < -0.3 is 9.94 Å². The van der Waals surface area contributed by atoms with Crippen LogP contribution in [0.25, 0.3) is 10.9 Å². The smallest absolute Gasteiger partial charge is 0.228 e. The number of para-hydroxylation sites is 1. The maximum atomic E-state index is 9.48. The average molecular weight is 163 g/mol. The average Bonchev–Trinajstić information content (AvgIpc) is 2.44. The SMILES string of the molecule is COc1cc2ccccc2n1O. The summed E-state index contributed by atoms with van der Waals surface area (Å²) in [7, 11) is 1.53. The van der Waals surface area contributed by atoms with Crippen molar-refractivity contribution in [2.75, 3.05) is 7.11 Å². The first kappa shape index (κ1) is 7.03. The molecule has 2 aromatic rings. The predicted molar refractivity (Wildman–Crippen MR) is 45.7 cm³/mol. The van der Waals surface area contributed by atoms with Gasteiger partial charge in [-0.2, -0.15) is 4.73 Å². The standard InChI is InChI=1S/C9H9NO2/c1-12-9-6-7-4-2-3-5-8(7)10(9)11/h2-6,11H,1H3. The van der Waals surface area contributed by atoms with Gasteiger partial charge in [-0.25, -0.2) is 0 Å². The molecule has 2 rings (SSSR count). The lowest BCUT2D eigenvalue weighted by molar-refractivity contribution is 0.165. The maximum Gasteiger partial charge on any atom is 0.228 e. The minimum atomic E-state index is 0.455. The van der Waals surface area contributed by atoms with Crippen molar-refractivity contribution in [1.82, 2.24) is 4.73 Å². The first-order valence-corrected chi connectivity index (χ1v) is 3.66. The molecular weight excluding hydrogens is 154 g/mol. The van der Waals surface area contributed by atoms with Gasteiger partial charge in [-0.05, 0) is 6.07 Å². The highest BCUT2D eigenvalue weighted by Crippen LogP contribution is 2.22. The van der Waals surface area contributed by atoms with Gasteiger partial charge in [0, 0.05) is 11.5 Å². The molecule has 0 saturated heterocycles. The summed E-state index contributed by atoms with van der Waals surface area (Å²) in [6.45, 7) is 0. The second kappa shape index (κ2) is 2.44. The van der Waals surface area contributed by atoms with E-state index < -0.39 is 0 Å². The Morgan fingerprint density at radius 1 is 1.33 bits per heavy atom. The van der Waals surface area contributed by atoms with Gasteiger partial charge in [-0.1, -0.05) is 18.2 Å². The molecule has 1 aromatic heterocycles. The van der Waals surface area contributed by atoms with Gasteiger partial charge in [-0.3, -0.25) is 0 Å². The minimum absolute atomic E-state index is 0.455. The second-order valence-electron chi connectivity index (χ2n) is 2.56. The van der Waals surface area contributed by atoms with Crippen LogP contribution in [0.2, 0.25) is 0 Å². The van der Waals surface area contributed by atoms with Crippen molar-refractivity contribution in [1.29, 1.82) is 0 Å². The third-order valence-electron chi connectivity index (χ3n) is 1.86. The summed E-state index contributed by atoms with van der Waals surface area (Å²) in [5.74, 6) is 0.455. The molecule has 0 amide bonds. The van der Waals surface area contributed by atoms with Gasteiger partial charge in [0.05, 0.1) is 12.6 Å². The van der Waals surface area contributed by atoms with E-state index in [1.54, 1.807) is 6.07 Å². The zero-order valence-corrected chi connectivity index (χ0v) is 6.69. The van der Waals surface area contributed by atoms with E-state index in [4.69, 9.17) is 4.74 Å². The van der Waals surface area contributed by atoms with Crippen molar-refractivity contribution < 1.29 is 9.94 Å². The van der Waals surface area contributed by atoms with Gasteiger partial charge in [0.1, 0.15) is 0 Å². The number of hydrogen-bond donors (Lipinski definition) is 1. The molecule has 1 heterocycles. The molecule has 1 aromatic carbocycles. The van der Waals surface area contributed by atoms with Crippen LogP contribution in [0, 0.1) is 0 Å². The maximum absolute atomic E-state index is 9.48. The Bertz CT molecular complexity index is 406. The van der Waals surface area contributed by atoms with Crippen LogP contribution in [-0.4, -0.2) is 17.0 Å². The van der Waals surface area contributed by atoms with Crippen LogP contribution in [0.1, 0.15) is 0 Å². The lowest BCUT2D eigenvalue weighted by Crippen LogP contribution is -1.93. The van der Waals surface area contributed by atoms with E-state index in [0.29, 0.717) is 5.88 Å². The first-order valence-electron chi connectivity index (χ1n) is 3.66. The third-order valence-corrected chi connectivity index (χ3v) is 1.86. The quantitative estimate of drug-likeness (QED) is 0.651. The number of hydrogen-bond acceptors (Lipinski definition) is 2. The van der Waals surface area contributed by atoms with Gasteiger partial charge in [0.25, 0.3) is 0 Å². The largest absolute Gasteiger partial charge is 0.480 e. The summed E-state index contributed by atoms with van der Waals surface area (Å²) in [6.07, 6.45) is 0. The van der Waals surface area contributed by atoms with Crippen LogP contribution in [0.5, 0.6) is 5.88 Å². The highest BCUT2D eigenvalue weighted by Gasteiger charge is 2.05. The summed E-state index contributed by atoms with van der Waals surface area (Å²) < 4.78 is 5.98. The molecular formula is C9H9NO2. The number of fused-ring (bicyclic) bond motifs is 1. The lowest BCUT2D eigenvalue weighted by Gasteiger charge is -1.98. The Labute approximate surface area is 69.8 Å². The minimum Gasteiger partial charge on any atom is -0.480 e. The molecule has 0 aliphatic carbocycles. The monoisotopic (exact) mass is 163 g/mol. The molecule has 0 saturated carbocycles. The van der Waals surface area contributed by atoms with E-state index in [9.17, 15) is 5.21 Å². The number of rotatable bonds is 1. The summed E-state index contributed by atoms with van der Waals surface area (Å²) in [6, 6.07) is 9.33. The van der Waals surface area contributed by atoms with E-state index in [1.165, 1.54) is 7.11 Å². The Kier molecular flexibility index (Phi) is 1.43. The van der Waals surface area contributed by atoms with Crippen LogP contribution in [0.4, 0.5) is 0 Å². The van der Waals surface area contributed by atoms with E-state index in [1.807, 2.05) is 24.3 Å². The fraction of sp³-hybridized carbons (Fsp3) is 0.111. The number of aromatic nitrogens is 1. The summed E-state index contributed by atoms with van der Waals surface area (Å²) in [5, 5.41) is 10.5. The van der Waals surface area contributed by atoms with Crippen LogP contribution in [-0.2, 0) is 0 Å². The van der Waals surface area contributed by atoms with Crippen LogP contribution in [0.3, 0.4) is 0 Å². The number of benzene rings is 1. The summed E-state index contributed by atoms with van der Waals surface area (Å²) >= 11 is 0. The third kappa shape index (κ3) is 0.830. The van der Waals surface area contributed by atoms with Crippen LogP contribution in [0.15, 0.2) is 30.3 Å². The number of nitrogens with zero attached hydrogens (tertiary/aromatic N) is 1. The molecule has 1 N–H and O–H groups in total. The van der Waals surface area contributed by atoms with E-state index >= 15 is 0 Å². The Morgan fingerprint density at radius 3 is 2.75 bits per heavy atom. The zero-order valence-electron chi connectivity index (χ0n) is 6.69. The molecule has 12 heavy (non-hydrogen) atoms. The van der Waals surface area contributed by atoms with Gasteiger partial charge in [0.2, 0.25) is 5.88 Å². The Balaban J connectivity index is 2.78. The van der Waals surface area contributed by atoms with Crippen LogP contribution >= 0.6 is 0 Å². The van der Waals surface area contributed by atoms with Gasteiger partial charge in [-0.15, -0.1) is 0 Å². The number of ether oxygens (including phenoxy) is 1. The topological polar surface area (TPSA) is 34.4 Å². The molecule has 0 unspecified atom stereocenters. The van der Waals surface area contributed by atoms with Gasteiger partial charge >= 0.3 is 0 Å². The summed E-state index contributed by atoms with van der Waals surface area (Å²) in [4.78, 5) is 0. The fourth-order valence-corrected chi connectivity index (χ4v) is 1.26. The number of methoxy groups -OCH3 is 1. The normalized spacial score (nSPS) is 10.4. The molecule has 0 spiro atoms. The van der Waals surface area contributed by atoms with Crippen molar-refractivity contribution in [2.45, 2.75) is 0 Å². The fourth-order valence-electron chi connectivity index (χ4n) is 1.26. The molecule has 3 heteroatoms. The Hall–Kier alpha value is -1.64. The van der Waals surface area contributed by atoms with Gasteiger partial charge in [0.15, 0.2) is 0 Å². The van der Waals surface area contributed by atoms with Crippen molar-refractivity contribution in [2.24, 2.45) is 0 Å². The molecule has 0 aliphatic heterocycles. The van der Waals surface area contributed by atoms with Crippen molar-refractivity contribution in [3.8, 4) is 5.88 Å². The van der Waals surface area contributed by atoms with Crippen molar-refractivity contribution in [3.05, 3.63) is 30.3 Å². The molecule has 0 fully saturated rings. The van der Waals surface area contributed by atoms with Crippen molar-refractivity contribution in [3.63, 3.8) is 0 Å². The highest BCUT2D eigenvalue weighted by atomic mass is 16.5. The van der Waals surface area contributed by atoms with E-state index in [2.05, 4.69) is 0 Å². The summed E-state index contributed by atoms with van der Waals surface area (Å²) in [5.41, 5.74) is 0.759. The lowest BCUT2D eigenvalue weighted by atomic mass is 10.3. The zero-order chi connectivity index (χ0) is 8.55.